The van der Waals surface area contributed by atoms with Crippen molar-refractivity contribution in [3.8, 4) is 5.75 Å². The summed E-state index contributed by atoms with van der Waals surface area (Å²) >= 11 is 2.21. The summed E-state index contributed by atoms with van der Waals surface area (Å²) in [5, 5.41) is 8.56. The Bertz CT molecular complexity index is 357. The lowest BCUT2D eigenvalue weighted by atomic mass is 10.2. The fourth-order valence-corrected chi connectivity index (χ4v) is 1.29. The molecular weight excluding hydrogens is 307 g/mol. The number of benzene rings is 1. The Morgan fingerprint density at radius 3 is 2.53 bits per heavy atom. The molecule has 0 spiro atoms. The highest BCUT2D eigenvalue weighted by Crippen LogP contribution is 2.14. The Labute approximate surface area is 102 Å². The van der Waals surface area contributed by atoms with Gasteiger partial charge >= 0.3 is 5.97 Å². The van der Waals surface area contributed by atoms with Gasteiger partial charge in [-0.25, -0.2) is 4.79 Å². The van der Waals surface area contributed by atoms with Crippen LogP contribution in [0.15, 0.2) is 36.4 Å². The predicted octanol–water partition coefficient (Wildman–Crippen LogP) is 2.70. The van der Waals surface area contributed by atoms with E-state index in [-0.39, 0.29) is 5.57 Å². The highest BCUT2D eigenvalue weighted by atomic mass is 127. The van der Waals surface area contributed by atoms with Gasteiger partial charge in [0.2, 0.25) is 0 Å². The molecule has 0 amide bonds. The fraction of sp³-hybridized carbons (Fsp3) is 0.182. The van der Waals surface area contributed by atoms with Crippen LogP contribution in [0, 0.1) is 3.57 Å². The minimum Gasteiger partial charge on any atom is -0.493 e. The molecule has 0 saturated heterocycles. The number of hydrogen-bond donors (Lipinski definition) is 1. The van der Waals surface area contributed by atoms with Crippen LogP contribution in [-0.2, 0) is 4.79 Å². The van der Waals surface area contributed by atoms with Gasteiger partial charge in [-0.3, -0.25) is 0 Å². The Morgan fingerprint density at radius 2 is 2.00 bits per heavy atom. The van der Waals surface area contributed by atoms with E-state index in [1.54, 1.807) is 0 Å². The third-order valence-electron chi connectivity index (χ3n) is 1.79. The maximum absolute atomic E-state index is 10.4. The van der Waals surface area contributed by atoms with Crippen LogP contribution >= 0.6 is 22.6 Å². The molecule has 0 aliphatic heterocycles. The molecule has 3 nitrogen and oxygen atoms in total. The van der Waals surface area contributed by atoms with Crippen LogP contribution in [0.2, 0.25) is 0 Å². The number of ether oxygens (including phenoxy) is 1. The monoisotopic (exact) mass is 318 g/mol. The van der Waals surface area contributed by atoms with Crippen molar-refractivity contribution in [2.75, 3.05) is 6.61 Å². The SMILES string of the molecule is C=C(CCOc1ccc(I)cc1)C(=O)O. The average molecular weight is 318 g/mol. The normalized spacial score (nSPS) is 9.67. The maximum Gasteiger partial charge on any atom is 0.331 e. The van der Waals surface area contributed by atoms with E-state index in [1.165, 1.54) is 0 Å². The summed E-state index contributed by atoms with van der Waals surface area (Å²) in [6.45, 7) is 3.76. The van der Waals surface area contributed by atoms with Gasteiger partial charge in [0.15, 0.2) is 0 Å². The zero-order valence-corrected chi connectivity index (χ0v) is 10.2. The van der Waals surface area contributed by atoms with Gasteiger partial charge in [0, 0.05) is 15.6 Å². The highest BCUT2D eigenvalue weighted by molar-refractivity contribution is 14.1. The van der Waals surface area contributed by atoms with Gasteiger partial charge < -0.3 is 9.84 Å². The number of carboxylic acid groups (broad SMARTS) is 1. The number of hydrogen-bond acceptors (Lipinski definition) is 2. The van der Waals surface area contributed by atoms with E-state index in [0.29, 0.717) is 13.0 Å². The molecule has 80 valence electrons. The van der Waals surface area contributed by atoms with Crippen molar-refractivity contribution < 1.29 is 14.6 Å². The number of carboxylic acids is 1. The molecule has 1 aromatic carbocycles. The molecule has 0 aliphatic carbocycles. The third kappa shape index (κ3) is 4.33. The van der Waals surface area contributed by atoms with Gasteiger partial charge in [-0.1, -0.05) is 6.58 Å². The van der Waals surface area contributed by atoms with E-state index in [4.69, 9.17) is 9.84 Å². The quantitative estimate of drug-likeness (QED) is 0.671. The second-order valence-electron chi connectivity index (χ2n) is 2.96. The van der Waals surface area contributed by atoms with Gasteiger partial charge in [-0.05, 0) is 46.9 Å². The summed E-state index contributed by atoms with van der Waals surface area (Å²) < 4.78 is 6.49. The van der Waals surface area contributed by atoms with E-state index < -0.39 is 5.97 Å². The first-order valence-corrected chi connectivity index (χ1v) is 5.47. The van der Waals surface area contributed by atoms with Gasteiger partial charge in [-0.2, -0.15) is 0 Å². The smallest absolute Gasteiger partial charge is 0.331 e. The molecule has 0 radical (unpaired) electrons. The number of rotatable bonds is 5. The minimum absolute atomic E-state index is 0.167. The summed E-state index contributed by atoms with van der Waals surface area (Å²) in [5.74, 6) is -0.227. The van der Waals surface area contributed by atoms with Gasteiger partial charge in [0.1, 0.15) is 5.75 Å². The first kappa shape index (κ1) is 12.0. The Morgan fingerprint density at radius 1 is 1.40 bits per heavy atom. The van der Waals surface area contributed by atoms with Crippen molar-refractivity contribution in [3.63, 3.8) is 0 Å². The lowest BCUT2D eigenvalue weighted by Gasteiger charge is -2.05. The Kier molecular flexibility index (Phi) is 4.61. The first-order valence-electron chi connectivity index (χ1n) is 4.39. The third-order valence-corrected chi connectivity index (χ3v) is 2.51. The molecule has 15 heavy (non-hydrogen) atoms. The van der Waals surface area contributed by atoms with Gasteiger partial charge in [0.25, 0.3) is 0 Å². The number of carbonyl (C=O) groups is 1. The molecule has 4 heteroatoms. The largest absolute Gasteiger partial charge is 0.493 e. The zero-order chi connectivity index (χ0) is 11.3. The fourth-order valence-electron chi connectivity index (χ4n) is 0.930. The van der Waals surface area contributed by atoms with E-state index in [9.17, 15) is 4.79 Å². The van der Waals surface area contributed by atoms with Crippen LogP contribution < -0.4 is 4.74 Å². The van der Waals surface area contributed by atoms with Crippen LogP contribution in [0.25, 0.3) is 0 Å². The molecule has 1 aromatic rings. The van der Waals surface area contributed by atoms with Crippen molar-refractivity contribution >= 4 is 28.6 Å². The predicted molar refractivity (Wildman–Crippen MR) is 66.0 cm³/mol. The first-order chi connectivity index (χ1) is 7.09. The summed E-state index contributed by atoms with van der Waals surface area (Å²) in [5.41, 5.74) is 0.167. The Hall–Kier alpha value is -1.04. The minimum atomic E-state index is -0.971. The summed E-state index contributed by atoms with van der Waals surface area (Å²) in [7, 11) is 0. The van der Waals surface area contributed by atoms with Gasteiger partial charge in [-0.15, -0.1) is 0 Å². The second kappa shape index (κ2) is 5.75. The molecule has 0 aliphatic rings. The standard InChI is InChI=1S/C11H11IO3/c1-8(11(13)14)6-7-15-10-4-2-9(12)3-5-10/h2-5H,1,6-7H2,(H,13,14). The molecule has 1 N–H and O–H groups in total. The van der Waals surface area contributed by atoms with E-state index in [2.05, 4.69) is 29.2 Å². The van der Waals surface area contributed by atoms with Crippen LogP contribution in [0.5, 0.6) is 5.75 Å². The zero-order valence-electron chi connectivity index (χ0n) is 8.07. The lowest BCUT2D eigenvalue weighted by Crippen LogP contribution is -2.05. The molecular formula is C11H11IO3. The molecule has 0 heterocycles. The molecule has 0 fully saturated rings. The Balaban J connectivity index is 2.35. The van der Waals surface area contributed by atoms with Crippen molar-refractivity contribution in [2.45, 2.75) is 6.42 Å². The molecule has 0 saturated carbocycles. The number of aliphatic carboxylic acids is 1. The molecule has 1 rings (SSSR count). The lowest BCUT2D eigenvalue weighted by molar-refractivity contribution is -0.132. The van der Waals surface area contributed by atoms with Crippen LogP contribution in [0.1, 0.15) is 6.42 Å². The van der Waals surface area contributed by atoms with Crippen LogP contribution in [-0.4, -0.2) is 17.7 Å². The summed E-state index contributed by atoms with van der Waals surface area (Å²) in [6.07, 6.45) is 0.335. The van der Waals surface area contributed by atoms with E-state index in [1.807, 2.05) is 24.3 Å². The van der Waals surface area contributed by atoms with E-state index in [0.717, 1.165) is 9.32 Å². The average Bonchev–Trinajstić information content (AvgIpc) is 2.20. The van der Waals surface area contributed by atoms with Gasteiger partial charge in [0.05, 0.1) is 6.61 Å². The van der Waals surface area contributed by atoms with Crippen LogP contribution in [0.4, 0.5) is 0 Å². The topological polar surface area (TPSA) is 46.5 Å². The molecule has 0 bridgehead atoms. The molecule has 0 atom stereocenters. The summed E-state index contributed by atoms with van der Waals surface area (Å²) in [6, 6.07) is 7.57. The molecule has 0 aromatic heterocycles. The van der Waals surface area contributed by atoms with Crippen molar-refractivity contribution in [1.29, 1.82) is 0 Å². The van der Waals surface area contributed by atoms with Crippen molar-refractivity contribution in [1.82, 2.24) is 0 Å². The molecule has 0 unspecified atom stereocenters. The van der Waals surface area contributed by atoms with Crippen molar-refractivity contribution in [3.05, 3.63) is 40.0 Å². The van der Waals surface area contributed by atoms with Crippen LogP contribution in [0.3, 0.4) is 0 Å². The second-order valence-corrected chi connectivity index (χ2v) is 4.21. The van der Waals surface area contributed by atoms with E-state index >= 15 is 0 Å². The highest BCUT2D eigenvalue weighted by Gasteiger charge is 2.03. The number of halogens is 1. The summed E-state index contributed by atoms with van der Waals surface area (Å²) in [4.78, 5) is 10.4. The van der Waals surface area contributed by atoms with Crippen molar-refractivity contribution in [2.24, 2.45) is 0 Å². The maximum atomic E-state index is 10.4.